The van der Waals surface area contributed by atoms with Gasteiger partial charge in [0.2, 0.25) is 0 Å². The number of ether oxygens (including phenoxy) is 2. The summed E-state index contributed by atoms with van der Waals surface area (Å²) in [5.41, 5.74) is -0.504. The van der Waals surface area contributed by atoms with Gasteiger partial charge in [-0.05, 0) is 42.5 Å². The Morgan fingerprint density at radius 1 is 1.02 bits per heavy atom. The summed E-state index contributed by atoms with van der Waals surface area (Å²) in [4.78, 5) is 30.5. The number of halogens is 3. The van der Waals surface area contributed by atoms with E-state index in [1.165, 1.54) is 31.4 Å². The van der Waals surface area contributed by atoms with Gasteiger partial charge >= 0.3 is 12.2 Å². The fourth-order valence-corrected chi connectivity index (χ4v) is 3.98. The number of hydrogen-bond donors (Lipinski definition) is 4. The number of hydrogen-bond acceptors (Lipinski definition) is 7. The number of piperazine rings is 1. The highest BCUT2D eigenvalue weighted by Crippen LogP contribution is 2.40. The molecule has 3 aromatic rings. The third-order valence-electron chi connectivity index (χ3n) is 5.97. The molecule has 0 bridgehead atoms. The van der Waals surface area contributed by atoms with Crippen molar-refractivity contribution in [3.8, 4) is 17.2 Å². The van der Waals surface area contributed by atoms with E-state index in [0.29, 0.717) is 23.7 Å². The second kappa shape index (κ2) is 13.1. The number of nitrogens with zero attached hydrogens (tertiary/aromatic N) is 2. The summed E-state index contributed by atoms with van der Waals surface area (Å²) in [5, 5.41) is 10.7. The fourth-order valence-electron chi connectivity index (χ4n) is 3.98. The van der Waals surface area contributed by atoms with Crippen LogP contribution >= 0.6 is 0 Å². The zero-order chi connectivity index (χ0) is 28.5. The van der Waals surface area contributed by atoms with Gasteiger partial charge in [-0.1, -0.05) is 6.07 Å². The minimum atomic E-state index is -4.66. The number of pyridine rings is 1. The molecule has 1 aromatic heterocycles. The van der Waals surface area contributed by atoms with E-state index in [9.17, 15) is 22.8 Å². The Labute approximate surface area is 228 Å². The molecule has 0 atom stereocenters. The van der Waals surface area contributed by atoms with Gasteiger partial charge in [0.15, 0.2) is 5.75 Å². The maximum Gasteiger partial charge on any atom is 0.420 e. The molecule has 3 amide bonds. The zero-order valence-electron chi connectivity index (χ0n) is 21.7. The van der Waals surface area contributed by atoms with Gasteiger partial charge in [-0.3, -0.25) is 14.7 Å². The quantitative estimate of drug-likeness (QED) is 0.311. The van der Waals surface area contributed by atoms with Crippen LogP contribution in [0.15, 0.2) is 60.8 Å². The van der Waals surface area contributed by atoms with E-state index in [1.807, 2.05) is 0 Å². The number of urea groups is 1. The predicted octanol–water partition coefficient (Wildman–Crippen LogP) is 4.18. The van der Waals surface area contributed by atoms with Gasteiger partial charge < -0.3 is 30.7 Å². The minimum Gasteiger partial charge on any atom is -0.489 e. The molecule has 13 heteroatoms. The van der Waals surface area contributed by atoms with Crippen molar-refractivity contribution in [2.45, 2.75) is 6.18 Å². The number of benzene rings is 2. The third-order valence-corrected chi connectivity index (χ3v) is 5.97. The molecule has 10 nitrogen and oxygen atoms in total. The molecule has 0 radical (unpaired) electrons. The molecule has 0 spiro atoms. The largest absolute Gasteiger partial charge is 0.489 e. The van der Waals surface area contributed by atoms with Crippen molar-refractivity contribution in [3.63, 3.8) is 0 Å². The highest BCUT2D eigenvalue weighted by Gasteiger charge is 2.35. The monoisotopic (exact) mass is 558 g/mol. The van der Waals surface area contributed by atoms with E-state index in [1.54, 1.807) is 30.3 Å². The van der Waals surface area contributed by atoms with Crippen LogP contribution in [0.2, 0.25) is 0 Å². The molecule has 1 fully saturated rings. The van der Waals surface area contributed by atoms with E-state index in [-0.39, 0.29) is 23.9 Å². The van der Waals surface area contributed by atoms with E-state index < -0.39 is 23.5 Å². The van der Waals surface area contributed by atoms with Gasteiger partial charge in [0.25, 0.3) is 5.91 Å². The summed E-state index contributed by atoms with van der Waals surface area (Å²) in [6, 6.07) is 12.1. The molecule has 1 aliphatic heterocycles. The lowest BCUT2D eigenvalue weighted by molar-refractivity contribution is -0.138. The number of para-hydroxylation sites is 1. The predicted molar refractivity (Wildman–Crippen MR) is 143 cm³/mol. The van der Waals surface area contributed by atoms with Crippen molar-refractivity contribution in [3.05, 3.63) is 72.1 Å². The van der Waals surface area contributed by atoms with Crippen LogP contribution in [-0.2, 0) is 6.18 Å². The first-order valence-corrected chi connectivity index (χ1v) is 12.5. The molecule has 40 heavy (non-hydrogen) atoms. The van der Waals surface area contributed by atoms with Gasteiger partial charge in [0.1, 0.15) is 23.8 Å². The van der Waals surface area contributed by atoms with Crippen LogP contribution in [0.5, 0.6) is 17.2 Å². The lowest BCUT2D eigenvalue weighted by Crippen LogP contribution is -2.44. The number of rotatable bonds is 9. The topological polar surface area (TPSA) is 117 Å². The summed E-state index contributed by atoms with van der Waals surface area (Å²) >= 11 is 0. The van der Waals surface area contributed by atoms with Crippen molar-refractivity contribution < 1.29 is 32.2 Å². The van der Waals surface area contributed by atoms with Crippen LogP contribution in [0, 0.1) is 0 Å². The van der Waals surface area contributed by atoms with E-state index in [4.69, 9.17) is 9.47 Å². The Morgan fingerprint density at radius 3 is 2.48 bits per heavy atom. The van der Waals surface area contributed by atoms with E-state index >= 15 is 0 Å². The van der Waals surface area contributed by atoms with Crippen LogP contribution in [0.1, 0.15) is 16.1 Å². The fraction of sp³-hybridized carbons (Fsp3) is 0.296. The first kappa shape index (κ1) is 28.6. The second-order valence-electron chi connectivity index (χ2n) is 8.78. The van der Waals surface area contributed by atoms with Crippen molar-refractivity contribution in [2.75, 3.05) is 57.0 Å². The molecule has 1 aliphatic rings. The smallest absolute Gasteiger partial charge is 0.420 e. The van der Waals surface area contributed by atoms with E-state index in [0.717, 1.165) is 32.2 Å². The minimum absolute atomic E-state index is 0.0347. The molecule has 0 unspecified atom stereocenters. The standard InChI is InChI=1S/C27H29F3N6O4/c1-31-25(37)23-17-20(9-10-33-23)40-19-7-5-18(6-8-19)34-26(38)35-22-4-2-3-21(27(28,29)30)24(22)39-16-15-36-13-11-32-12-14-36/h2-10,17,32H,11-16H2,1H3,(H,31,37)(H2,34,35,38). The number of nitrogens with one attached hydrogen (secondary N) is 4. The molecule has 212 valence electrons. The maximum atomic E-state index is 13.7. The Kier molecular flexibility index (Phi) is 9.40. The first-order chi connectivity index (χ1) is 19.2. The van der Waals surface area contributed by atoms with Gasteiger partial charge in [0, 0.05) is 57.7 Å². The van der Waals surface area contributed by atoms with Crippen molar-refractivity contribution >= 4 is 23.3 Å². The Balaban J connectivity index is 1.39. The number of amides is 3. The summed E-state index contributed by atoms with van der Waals surface area (Å²) in [6.07, 6.45) is -3.22. The molecule has 4 N–H and O–H groups in total. The van der Waals surface area contributed by atoms with Crippen molar-refractivity contribution in [1.29, 1.82) is 0 Å². The molecule has 1 saturated heterocycles. The summed E-state index contributed by atoms with van der Waals surface area (Å²) in [5.74, 6) is 0.0292. The number of carbonyl (C=O) groups is 2. The zero-order valence-corrected chi connectivity index (χ0v) is 21.7. The van der Waals surface area contributed by atoms with Crippen LogP contribution in [0.25, 0.3) is 0 Å². The van der Waals surface area contributed by atoms with Crippen LogP contribution in [0.4, 0.5) is 29.3 Å². The van der Waals surface area contributed by atoms with Gasteiger partial charge in [0.05, 0.1) is 11.3 Å². The molecule has 4 rings (SSSR count). The molecule has 2 heterocycles. The summed E-state index contributed by atoms with van der Waals surface area (Å²) in [7, 11) is 1.49. The average Bonchev–Trinajstić information content (AvgIpc) is 2.94. The van der Waals surface area contributed by atoms with Crippen LogP contribution in [0.3, 0.4) is 0 Å². The lowest BCUT2D eigenvalue weighted by Gasteiger charge is -2.27. The second-order valence-corrected chi connectivity index (χ2v) is 8.78. The molecule has 0 aliphatic carbocycles. The van der Waals surface area contributed by atoms with Gasteiger partial charge in [-0.15, -0.1) is 0 Å². The third kappa shape index (κ3) is 7.83. The summed E-state index contributed by atoms with van der Waals surface area (Å²) < 4.78 is 52.4. The maximum absolute atomic E-state index is 13.7. The molecular weight excluding hydrogens is 529 g/mol. The number of aromatic nitrogens is 1. The number of alkyl halides is 3. The Morgan fingerprint density at radius 2 is 1.77 bits per heavy atom. The van der Waals surface area contributed by atoms with Crippen LogP contribution in [-0.4, -0.2) is 68.2 Å². The first-order valence-electron chi connectivity index (χ1n) is 12.5. The lowest BCUT2D eigenvalue weighted by atomic mass is 10.1. The Hall–Kier alpha value is -4.36. The number of anilines is 2. The van der Waals surface area contributed by atoms with Crippen molar-refractivity contribution in [1.82, 2.24) is 20.5 Å². The normalized spacial score (nSPS) is 13.8. The molecular formula is C27H29F3N6O4. The molecule has 2 aromatic carbocycles. The van der Waals surface area contributed by atoms with Gasteiger partial charge in [-0.2, -0.15) is 13.2 Å². The Bertz CT molecular complexity index is 1310. The molecule has 0 saturated carbocycles. The van der Waals surface area contributed by atoms with Crippen molar-refractivity contribution in [2.24, 2.45) is 0 Å². The van der Waals surface area contributed by atoms with Gasteiger partial charge in [-0.25, -0.2) is 4.79 Å². The highest BCUT2D eigenvalue weighted by atomic mass is 19.4. The highest BCUT2D eigenvalue weighted by molar-refractivity contribution is 6.00. The summed E-state index contributed by atoms with van der Waals surface area (Å²) in [6.45, 7) is 3.67. The number of carbonyl (C=O) groups excluding carboxylic acids is 2. The SMILES string of the molecule is CNC(=O)c1cc(Oc2ccc(NC(=O)Nc3cccc(C(F)(F)F)c3OCCN3CCNCC3)cc2)ccn1. The van der Waals surface area contributed by atoms with E-state index in [2.05, 4.69) is 31.2 Å². The average molecular weight is 559 g/mol. The van der Waals surface area contributed by atoms with Crippen LogP contribution < -0.4 is 30.7 Å².